The third-order valence-corrected chi connectivity index (χ3v) is 7.76. The van der Waals surface area contributed by atoms with Crippen LogP contribution in [0.1, 0.15) is 25.8 Å². The van der Waals surface area contributed by atoms with Gasteiger partial charge in [0.25, 0.3) is 15.7 Å². The van der Waals surface area contributed by atoms with Gasteiger partial charge in [-0.25, -0.2) is 12.8 Å². The Kier molecular flexibility index (Phi) is 9.72. The average molecular weight is 557 g/mol. The Morgan fingerprint density at radius 1 is 1.00 bits per heavy atom. The zero-order valence-electron chi connectivity index (χ0n) is 21.5. The topological polar surface area (TPSA) is 130 Å². The number of hydrogen-bond acceptors (Lipinski definition) is 6. The molecule has 0 aromatic heterocycles. The lowest BCUT2D eigenvalue weighted by atomic mass is 10.1. The third-order valence-electron chi connectivity index (χ3n) is 5.97. The third kappa shape index (κ3) is 7.17. The molecule has 0 aliphatic rings. The van der Waals surface area contributed by atoms with Crippen LogP contribution in [0, 0.1) is 15.9 Å². The van der Waals surface area contributed by atoms with Gasteiger partial charge in [-0.2, -0.15) is 0 Å². The number of nitro benzene ring substituents is 1. The SMILES string of the molecule is CCCNC(=O)[C@@H](C)N(Cc1ccccc1F)C(=O)CN(c1ccc([N+](=O)[O-])cc1)S(=O)(=O)c1ccccc1. The van der Waals surface area contributed by atoms with Crippen molar-refractivity contribution in [3.8, 4) is 0 Å². The highest BCUT2D eigenvalue weighted by Crippen LogP contribution is 2.26. The molecular formula is C27H29FN4O6S. The molecule has 3 aromatic rings. The van der Waals surface area contributed by atoms with Crippen molar-refractivity contribution in [3.63, 3.8) is 0 Å². The number of anilines is 1. The number of rotatable bonds is 12. The van der Waals surface area contributed by atoms with Crippen molar-refractivity contribution < 1.29 is 27.3 Å². The summed E-state index contributed by atoms with van der Waals surface area (Å²) in [4.78, 5) is 38.0. The molecule has 1 N–H and O–H groups in total. The quantitative estimate of drug-likeness (QED) is 0.266. The van der Waals surface area contributed by atoms with E-state index in [0.717, 1.165) is 21.3 Å². The molecule has 1 atom stereocenters. The van der Waals surface area contributed by atoms with Crippen LogP contribution in [0.25, 0.3) is 0 Å². The smallest absolute Gasteiger partial charge is 0.269 e. The molecule has 3 rings (SSSR count). The molecule has 0 aliphatic heterocycles. The highest BCUT2D eigenvalue weighted by Gasteiger charge is 2.33. The Morgan fingerprint density at radius 3 is 2.21 bits per heavy atom. The second-order valence-electron chi connectivity index (χ2n) is 8.68. The molecule has 206 valence electrons. The number of benzene rings is 3. The first-order valence-electron chi connectivity index (χ1n) is 12.2. The van der Waals surface area contributed by atoms with Gasteiger partial charge >= 0.3 is 0 Å². The molecular weight excluding hydrogens is 527 g/mol. The molecule has 0 heterocycles. The first-order valence-corrected chi connectivity index (χ1v) is 13.6. The van der Waals surface area contributed by atoms with Crippen molar-refractivity contribution in [2.24, 2.45) is 0 Å². The summed E-state index contributed by atoms with van der Waals surface area (Å²) < 4.78 is 42.6. The molecule has 39 heavy (non-hydrogen) atoms. The lowest BCUT2D eigenvalue weighted by Gasteiger charge is -2.32. The zero-order valence-corrected chi connectivity index (χ0v) is 22.3. The van der Waals surface area contributed by atoms with E-state index < -0.39 is 45.2 Å². The Hall–Kier alpha value is -4.32. The number of carbonyl (C=O) groups is 2. The van der Waals surface area contributed by atoms with Gasteiger partial charge in [-0.1, -0.05) is 43.3 Å². The van der Waals surface area contributed by atoms with Crippen molar-refractivity contribution in [3.05, 3.63) is 100 Å². The van der Waals surface area contributed by atoms with Gasteiger partial charge in [0.05, 0.1) is 15.5 Å². The summed E-state index contributed by atoms with van der Waals surface area (Å²) in [5.74, 6) is -1.83. The van der Waals surface area contributed by atoms with Crippen LogP contribution >= 0.6 is 0 Å². The molecule has 0 fully saturated rings. The van der Waals surface area contributed by atoms with Gasteiger partial charge in [-0.15, -0.1) is 0 Å². The molecule has 0 unspecified atom stereocenters. The Bertz CT molecular complexity index is 1420. The largest absolute Gasteiger partial charge is 0.354 e. The number of non-ortho nitro benzene ring substituents is 1. The molecule has 12 heteroatoms. The van der Waals surface area contributed by atoms with Crippen molar-refractivity contribution in [1.29, 1.82) is 0 Å². The maximum absolute atomic E-state index is 14.5. The molecule has 0 radical (unpaired) electrons. The first kappa shape index (κ1) is 29.2. The van der Waals surface area contributed by atoms with Gasteiger partial charge in [0.15, 0.2) is 0 Å². The summed E-state index contributed by atoms with van der Waals surface area (Å²) in [7, 11) is -4.32. The van der Waals surface area contributed by atoms with Crippen molar-refractivity contribution >= 4 is 33.2 Å². The Morgan fingerprint density at radius 2 is 1.62 bits per heavy atom. The Balaban J connectivity index is 2.03. The molecule has 0 saturated carbocycles. The van der Waals surface area contributed by atoms with Crippen molar-refractivity contribution in [1.82, 2.24) is 10.2 Å². The van der Waals surface area contributed by atoms with Gasteiger partial charge in [0, 0.05) is 30.8 Å². The predicted octanol–water partition coefficient (Wildman–Crippen LogP) is 3.87. The van der Waals surface area contributed by atoms with Crippen LogP contribution in [-0.4, -0.2) is 49.2 Å². The van der Waals surface area contributed by atoms with Gasteiger partial charge in [-0.05, 0) is 43.7 Å². The minimum atomic E-state index is -4.32. The fourth-order valence-electron chi connectivity index (χ4n) is 3.78. The van der Waals surface area contributed by atoms with E-state index in [9.17, 15) is 32.5 Å². The lowest BCUT2D eigenvalue weighted by molar-refractivity contribution is -0.384. The molecule has 0 aliphatic carbocycles. The summed E-state index contributed by atoms with van der Waals surface area (Å²) in [6.45, 7) is 2.68. The molecule has 0 saturated heterocycles. The number of halogens is 1. The van der Waals surface area contributed by atoms with E-state index in [0.29, 0.717) is 13.0 Å². The van der Waals surface area contributed by atoms with Crippen molar-refractivity contribution in [2.75, 3.05) is 17.4 Å². The van der Waals surface area contributed by atoms with Crippen molar-refractivity contribution in [2.45, 2.75) is 37.8 Å². The van der Waals surface area contributed by atoms with E-state index in [1.807, 2.05) is 6.92 Å². The second-order valence-corrected chi connectivity index (χ2v) is 10.5. The summed E-state index contributed by atoms with van der Waals surface area (Å²) in [5.41, 5.74) is -0.106. The zero-order chi connectivity index (χ0) is 28.6. The Labute approximate surface area is 226 Å². The molecule has 0 bridgehead atoms. The van der Waals surface area contributed by atoms with Crippen LogP contribution in [0.2, 0.25) is 0 Å². The van der Waals surface area contributed by atoms with Crippen LogP contribution in [0.4, 0.5) is 15.8 Å². The van der Waals surface area contributed by atoms with Gasteiger partial charge in [0.2, 0.25) is 11.8 Å². The predicted molar refractivity (Wildman–Crippen MR) is 144 cm³/mol. The molecule has 3 aromatic carbocycles. The van der Waals surface area contributed by atoms with Gasteiger partial charge < -0.3 is 10.2 Å². The number of carbonyl (C=O) groups excluding carboxylic acids is 2. The standard InChI is InChI=1S/C27H29FN4O6S/c1-3-17-29-27(34)20(2)30(18-21-9-7-8-12-25(21)28)26(33)19-31(22-13-15-23(16-14-22)32(35)36)39(37,38)24-10-5-4-6-11-24/h4-16,20H,3,17-19H2,1-2H3,(H,29,34)/t20-/m1/s1. The van der Waals surface area contributed by atoms with E-state index in [-0.39, 0.29) is 28.4 Å². The number of nitro groups is 1. The maximum Gasteiger partial charge on any atom is 0.269 e. The highest BCUT2D eigenvalue weighted by molar-refractivity contribution is 7.92. The molecule has 0 spiro atoms. The van der Waals surface area contributed by atoms with E-state index in [1.54, 1.807) is 12.1 Å². The van der Waals surface area contributed by atoms with Gasteiger partial charge in [0.1, 0.15) is 18.4 Å². The average Bonchev–Trinajstić information content (AvgIpc) is 2.94. The summed E-state index contributed by atoms with van der Waals surface area (Å²) in [6, 6.07) is 16.8. The van der Waals surface area contributed by atoms with Crippen LogP contribution < -0.4 is 9.62 Å². The monoisotopic (exact) mass is 556 g/mol. The minimum absolute atomic E-state index is 0.00623. The summed E-state index contributed by atoms with van der Waals surface area (Å²) in [5, 5.41) is 13.8. The minimum Gasteiger partial charge on any atom is -0.354 e. The number of nitrogens with one attached hydrogen (secondary N) is 1. The number of amides is 2. The number of sulfonamides is 1. The van der Waals surface area contributed by atoms with E-state index in [2.05, 4.69) is 5.32 Å². The lowest BCUT2D eigenvalue weighted by Crippen LogP contribution is -2.51. The van der Waals surface area contributed by atoms with Crippen LogP contribution in [0.5, 0.6) is 0 Å². The molecule has 10 nitrogen and oxygen atoms in total. The van der Waals surface area contributed by atoms with Crippen LogP contribution in [0.15, 0.2) is 83.8 Å². The summed E-state index contributed by atoms with van der Waals surface area (Å²) >= 11 is 0. The van der Waals surface area contributed by atoms with Gasteiger partial charge in [-0.3, -0.25) is 24.0 Å². The van der Waals surface area contributed by atoms with Crippen LogP contribution in [0.3, 0.4) is 0 Å². The second kappa shape index (κ2) is 13.0. The summed E-state index contributed by atoms with van der Waals surface area (Å²) in [6.07, 6.45) is 0.656. The maximum atomic E-state index is 14.5. The molecule has 2 amide bonds. The van der Waals surface area contributed by atoms with E-state index in [1.165, 1.54) is 61.5 Å². The highest BCUT2D eigenvalue weighted by atomic mass is 32.2. The fourth-order valence-corrected chi connectivity index (χ4v) is 5.21. The number of nitrogens with zero attached hydrogens (tertiary/aromatic N) is 3. The van der Waals surface area contributed by atoms with Crippen LogP contribution in [-0.2, 0) is 26.2 Å². The first-order chi connectivity index (χ1) is 18.6. The number of hydrogen-bond donors (Lipinski definition) is 1. The fraction of sp³-hybridized carbons (Fsp3) is 0.259. The normalized spacial score (nSPS) is 11.9. The van der Waals surface area contributed by atoms with E-state index in [4.69, 9.17) is 0 Å². The van der Waals surface area contributed by atoms with E-state index >= 15 is 0 Å².